The number of anilines is 2. The van der Waals surface area contributed by atoms with E-state index in [0.717, 1.165) is 28.1 Å². The molecule has 1 N–H and O–H groups in total. The van der Waals surface area contributed by atoms with Crippen LogP contribution in [0.25, 0.3) is 0 Å². The van der Waals surface area contributed by atoms with Crippen LogP contribution in [0.1, 0.15) is 27.9 Å². The van der Waals surface area contributed by atoms with Crippen LogP contribution >= 0.6 is 0 Å². The fourth-order valence-electron chi connectivity index (χ4n) is 2.87. The SMILES string of the molecule is CN(C)c1ccc2c(c1)C(=O)N(c1ccc(CCC(=O)O)cc1)C2. The van der Waals surface area contributed by atoms with E-state index in [2.05, 4.69) is 0 Å². The molecule has 0 atom stereocenters. The molecule has 0 aliphatic carbocycles. The molecule has 1 aliphatic rings. The van der Waals surface area contributed by atoms with Crippen molar-refractivity contribution < 1.29 is 14.7 Å². The van der Waals surface area contributed by atoms with Crippen molar-refractivity contribution in [2.75, 3.05) is 23.9 Å². The van der Waals surface area contributed by atoms with Gasteiger partial charge in [0, 0.05) is 37.5 Å². The number of carboxylic acids is 1. The minimum atomic E-state index is -0.805. The predicted octanol–water partition coefficient (Wildman–Crippen LogP) is 2.93. The van der Waals surface area contributed by atoms with Crippen LogP contribution in [0.15, 0.2) is 42.5 Å². The van der Waals surface area contributed by atoms with Crippen molar-refractivity contribution in [3.8, 4) is 0 Å². The molecule has 24 heavy (non-hydrogen) atoms. The molecule has 5 nitrogen and oxygen atoms in total. The van der Waals surface area contributed by atoms with Crippen LogP contribution in [0.2, 0.25) is 0 Å². The summed E-state index contributed by atoms with van der Waals surface area (Å²) in [7, 11) is 3.91. The summed E-state index contributed by atoms with van der Waals surface area (Å²) < 4.78 is 0. The van der Waals surface area contributed by atoms with Gasteiger partial charge in [0.25, 0.3) is 5.91 Å². The first kappa shape index (κ1) is 16.1. The first-order valence-corrected chi connectivity index (χ1v) is 7.88. The number of amides is 1. The van der Waals surface area contributed by atoms with Crippen molar-refractivity contribution >= 4 is 23.3 Å². The number of hydrogen-bond donors (Lipinski definition) is 1. The Hall–Kier alpha value is -2.82. The number of carbonyl (C=O) groups is 2. The van der Waals surface area contributed by atoms with Gasteiger partial charge in [-0.05, 0) is 41.8 Å². The van der Waals surface area contributed by atoms with Gasteiger partial charge in [0.2, 0.25) is 0 Å². The highest BCUT2D eigenvalue weighted by atomic mass is 16.4. The number of aliphatic carboxylic acids is 1. The van der Waals surface area contributed by atoms with Gasteiger partial charge in [-0.1, -0.05) is 18.2 Å². The highest BCUT2D eigenvalue weighted by molar-refractivity contribution is 6.10. The van der Waals surface area contributed by atoms with Crippen LogP contribution in [0.3, 0.4) is 0 Å². The molecular weight excluding hydrogens is 304 g/mol. The standard InChI is InChI=1S/C19H20N2O3/c1-20(2)16-9-6-14-12-21(19(24)17(14)11-16)15-7-3-13(4-8-15)5-10-18(22)23/h3-4,6-9,11H,5,10,12H2,1-2H3,(H,22,23). The number of rotatable bonds is 5. The minimum absolute atomic E-state index is 0.00647. The molecule has 2 aromatic rings. The molecule has 5 heteroatoms. The Labute approximate surface area is 141 Å². The van der Waals surface area contributed by atoms with Gasteiger partial charge >= 0.3 is 5.97 Å². The zero-order valence-corrected chi connectivity index (χ0v) is 13.8. The van der Waals surface area contributed by atoms with Gasteiger partial charge in [-0.15, -0.1) is 0 Å². The maximum atomic E-state index is 12.7. The second kappa shape index (κ2) is 6.35. The molecule has 1 aliphatic heterocycles. The lowest BCUT2D eigenvalue weighted by Gasteiger charge is -2.16. The van der Waals surface area contributed by atoms with Gasteiger partial charge in [-0.2, -0.15) is 0 Å². The summed E-state index contributed by atoms with van der Waals surface area (Å²) in [5.74, 6) is -0.798. The highest BCUT2D eigenvalue weighted by Gasteiger charge is 2.28. The summed E-state index contributed by atoms with van der Waals surface area (Å²) in [4.78, 5) is 27.1. The third kappa shape index (κ3) is 3.11. The molecule has 0 saturated carbocycles. The molecule has 0 bridgehead atoms. The maximum absolute atomic E-state index is 12.7. The molecule has 1 amide bonds. The summed E-state index contributed by atoms with van der Waals surface area (Å²) in [6, 6.07) is 13.5. The van der Waals surface area contributed by atoms with Gasteiger partial charge in [0.15, 0.2) is 0 Å². The third-order valence-corrected chi connectivity index (χ3v) is 4.29. The first-order valence-electron chi connectivity index (χ1n) is 7.88. The van der Waals surface area contributed by atoms with Crippen molar-refractivity contribution in [2.24, 2.45) is 0 Å². The summed E-state index contributed by atoms with van der Waals surface area (Å²) in [5.41, 5.74) is 4.58. The Morgan fingerprint density at radius 3 is 2.50 bits per heavy atom. The van der Waals surface area contributed by atoms with Crippen molar-refractivity contribution in [2.45, 2.75) is 19.4 Å². The lowest BCUT2D eigenvalue weighted by molar-refractivity contribution is -0.136. The number of carbonyl (C=O) groups excluding carboxylic acids is 1. The highest BCUT2D eigenvalue weighted by Crippen LogP contribution is 2.30. The Morgan fingerprint density at radius 2 is 1.88 bits per heavy atom. The van der Waals surface area contributed by atoms with Gasteiger partial charge in [-0.3, -0.25) is 9.59 Å². The molecule has 0 spiro atoms. The van der Waals surface area contributed by atoms with Crippen LogP contribution in [0.5, 0.6) is 0 Å². The average Bonchev–Trinajstić information content (AvgIpc) is 2.90. The summed E-state index contributed by atoms with van der Waals surface area (Å²) in [6.45, 7) is 0.566. The van der Waals surface area contributed by atoms with E-state index in [1.54, 1.807) is 4.90 Å². The van der Waals surface area contributed by atoms with Crippen molar-refractivity contribution in [1.29, 1.82) is 0 Å². The van der Waals surface area contributed by atoms with E-state index < -0.39 is 5.97 Å². The van der Waals surface area contributed by atoms with E-state index in [1.165, 1.54) is 0 Å². The van der Waals surface area contributed by atoms with Crippen molar-refractivity contribution in [3.63, 3.8) is 0 Å². The first-order chi connectivity index (χ1) is 11.5. The molecular formula is C19H20N2O3. The average molecular weight is 324 g/mol. The van der Waals surface area contributed by atoms with Gasteiger partial charge < -0.3 is 14.9 Å². The molecule has 2 aromatic carbocycles. The van der Waals surface area contributed by atoms with Gasteiger partial charge in [-0.25, -0.2) is 0 Å². The Kier molecular flexibility index (Phi) is 4.25. The molecule has 0 aromatic heterocycles. The van der Waals surface area contributed by atoms with Gasteiger partial charge in [0.05, 0.1) is 6.54 Å². The van der Waals surface area contributed by atoms with E-state index in [0.29, 0.717) is 13.0 Å². The maximum Gasteiger partial charge on any atom is 0.303 e. The number of fused-ring (bicyclic) bond motifs is 1. The number of nitrogens with zero attached hydrogens (tertiary/aromatic N) is 2. The number of hydrogen-bond acceptors (Lipinski definition) is 3. The van der Waals surface area contributed by atoms with E-state index >= 15 is 0 Å². The van der Waals surface area contributed by atoms with Gasteiger partial charge in [0.1, 0.15) is 0 Å². The van der Waals surface area contributed by atoms with E-state index in [1.807, 2.05) is 61.5 Å². The summed E-state index contributed by atoms with van der Waals surface area (Å²) >= 11 is 0. The second-order valence-electron chi connectivity index (χ2n) is 6.19. The van der Waals surface area contributed by atoms with Crippen LogP contribution in [-0.2, 0) is 17.8 Å². The second-order valence-corrected chi connectivity index (χ2v) is 6.19. The normalized spacial score (nSPS) is 13.1. The topological polar surface area (TPSA) is 60.9 Å². The van der Waals surface area contributed by atoms with Crippen LogP contribution < -0.4 is 9.80 Å². The Morgan fingerprint density at radius 1 is 1.17 bits per heavy atom. The molecule has 124 valence electrons. The van der Waals surface area contributed by atoms with Crippen molar-refractivity contribution in [1.82, 2.24) is 0 Å². The monoisotopic (exact) mass is 324 g/mol. The number of benzene rings is 2. The molecule has 0 radical (unpaired) electrons. The Bertz CT molecular complexity index is 782. The van der Waals surface area contributed by atoms with E-state index in [-0.39, 0.29) is 12.3 Å². The fraction of sp³-hybridized carbons (Fsp3) is 0.263. The zero-order chi connectivity index (χ0) is 17.3. The zero-order valence-electron chi connectivity index (χ0n) is 13.8. The smallest absolute Gasteiger partial charge is 0.303 e. The summed E-state index contributed by atoms with van der Waals surface area (Å²) in [5, 5.41) is 8.74. The number of aryl methyl sites for hydroxylation is 1. The molecule has 0 saturated heterocycles. The van der Waals surface area contributed by atoms with Crippen LogP contribution in [-0.4, -0.2) is 31.1 Å². The fourth-order valence-corrected chi connectivity index (χ4v) is 2.87. The lowest BCUT2D eigenvalue weighted by atomic mass is 10.1. The molecule has 0 unspecified atom stereocenters. The van der Waals surface area contributed by atoms with E-state index in [4.69, 9.17) is 5.11 Å². The van der Waals surface area contributed by atoms with Crippen LogP contribution in [0, 0.1) is 0 Å². The molecule has 1 heterocycles. The van der Waals surface area contributed by atoms with Crippen LogP contribution in [0.4, 0.5) is 11.4 Å². The van der Waals surface area contributed by atoms with Crippen molar-refractivity contribution in [3.05, 3.63) is 59.2 Å². The Balaban J connectivity index is 1.79. The molecule has 3 rings (SSSR count). The summed E-state index contributed by atoms with van der Waals surface area (Å²) in [6.07, 6.45) is 0.608. The number of carboxylic acid groups (broad SMARTS) is 1. The van der Waals surface area contributed by atoms with E-state index in [9.17, 15) is 9.59 Å². The minimum Gasteiger partial charge on any atom is -0.481 e. The lowest BCUT2D eigenvalue weighted by Crippen LogP contribution is -2.23. The third-order valence-electron chi connectivity index (χ3n) is 4.29. The predicted molar refractivity (Wildman–Crippen MR) is 93.7 cm³/mol. The largest absolute Gasteiger partial charge is 0.481 e. The quantitative estimate of drug-likeness (QED) is 0.918. The molecule has 0 fully saturated rings.